The first-order valence-electron chi connectivity index (χ1n) is 6.43. The minimum atomic E-state index is -3.48. The summed E-state index contributed by atoms with van der Waals surface area (Å²) < 4.78 is 31.5. The van der Waals surface area contributed by atoms with Crippen molar-refractivity contribution in [3.8, 4) is 5.75 Å². The molecule has 0 aliphatic rings. The topological polar surface area (TPSA) is 102 Å². The molecule has 7 heteroatoms. The molecule has 0 fully saturated rings. The number of hydrogen-bond donors (Lipinski definition) is 3. The van der Waals surface area contributed by atoms with E-state index in [9.17, 15) is 8.42 Å². The average Bonchev–Trinajstić information content (AvgIpc) is 2.35. The van der Waals surface area contributed by atoms with Crippen molar-refractivity contribution in [2.24, 2.45) is 5.92 Å². The van der Waals surface area contributed by atoms with Gasteiger partial charge in [-0.2, -0.15) is 0 Å². The summed E-state index contributed by atoms with van der Waals surface area (Å²) in [6.07, 6.45) is 0. The number of benzene rings is 1. The van der Waals surface area contributed by atoms with Gasteiger partial charge in [0, 0.05) is 17.8 Å². The fraction of sp³-hybridized carbons (Fsp3) is 0.538. The largest absolute Gasteiger partial charge is 0.492 e. The van der Waals surface area contributed by atoms with E-state index in [0.29, 0.717) is 11.4 Å². The maximum absolute atomic E-state index is 11.8. The van der Waals surface area contributed by atoms with Crippen LogP contribution in [-0.4, -0.2) is 38.5 Å². The standard InChI is InChI=1S/C13H22N2O4S/c1-10(2)13(9-16)15-20(17,18)7-6-19-12-5-3-4-11(14)8-12/h3-5,8,10,13,15-16H,6-7,9,14H2,1-2H3. The Morgan fingerprint density at radius 3 is 2.65 bits per heavy atom. The van der Waals surface area contributed by atoms with Crippen molar-refractivity contribution in [2.45, 2.75) is 19.9 Å². The lowest BCUT2D eigenvalue weighted by atomic mass is 10.1. The van der Waals surface area contributed by atoms with Crippen LogP contribution in [0.3, 0.4) is 0 Å². The fourth-order valence-electron chi connectivity index (χ4n) is 1.55. The summed E-state index contributed by atoms with van der Waals surface area (Å²) in [6.45, 7) is 3.47. The Balaban J connectivity index is 2.47. The summed E-state index contributed by atoms with van der Waals surface area (Å²) in [6, 6.07) is 6.32. The molecule has 1 unspecified atom stereocenters. The number of aliphatic hydroxyl groups is 1. The Hall–Kier alpha value is -1.31. The second kappa shape index (κ2) is 7.47. The van der Waals surface area contributed by atoms with Crippen LogP contribution < -0.4 is 15.2 Å². The molecule has 0 saturated carbocycles. The van der Waals surface area contributed by atoms with Crippen LogP contribution in [-0.2, 0) is 10.0 Å². The monoisotopic (exact) mass is 302 g/mol. The van der Waals surface area contributed by atoms with Gasteiger partial charge in [0.2, 0.25) is 10.0 Å². The van der Waals surface area contributed by atoms with E-state index >= 15 is 0 Å². The van der Waals surface area contributed by atoms with Crippen LogP contribution >= 0.6 is 0 Å². The third-order valence-electron chi connectivity index (χ3n) is 2.81. The number of anilines is 1. The van der Waals surface area contributed by atoms with Gasteiger partial charge in [-0.3, -0.25) is 0 Å². The van der Waals surface area contributed by atoms with E-state index in [1.165, 1.54) is 0 Å². The van der Waals surface area contributed by atoms with Crippen LogP contribution in [0.2, 0.25) is 0 Å². The molecule has 0 bridgehead atoms. The molecule has 0 radical (unpaired) electrons. The van der Waals surface area contributed by atoms with Gasteiger partial charge in [-0.25, -0.2) is 13.1 Å². The van der Waals surface area contributed by atoms with Gasteiger partial charge in [-0.05, 0) is 18.1 Å². The number of aliphatic hydroxyl groups excluding tert-OH is 1. The first-order chi connectivity index (χ1) is 9.34. The van der Waals surface area contributed by atoms with Gasteiger partial charge in [0.1, 0.15) is 12.4 Å². The SMILES string of the molecule is CC(C)C(CO)NS(=O)(=O)CCOc1cccc(N)c1. The molecule has 0 aliphatic heterocycles. The van der Waals surface area contributed by atoms with E-state index in [1.807, 2.05) is 13.8 Å². The number of nitrogen functional groups attached to an aromatic ring is 1. The molecular formula is C13H22N2O4S. The Morgan fingerprint density at radius 1 is 1.40 bits per heavy atom. The minimum Gasteiger partial charge on any atom is -0.492 e. The van der Waals surface area contributed by atoms with Crippen LogP contribution in [0.15, 0.2) is 24.3 Å². The van der Waals surface area contributed by atoms with Gasteiger partial charge >= 0.3 is 0 Å². The highest BCUT2D eigenvalue weighted by Crippen LogP contribution is 2.14. The zero-order chi connectivity index (χ0) is 15.2. The maximum atomic E-state index is 11.8. The highest BCUT2D eigenvalue weighted by atomic mass is 32.2. The van der Waals surface area contributed by atoms with Crippen LogP contribution in [0.4, 0.5) is 5.69 Å². The first-order valence-corrected chi connectivity index (χ1v) is 8.08. The molecule has 0 aromatic heterocycles. The predicted molar refractivity (Wildman–Crippen MR) is 79.0 cm³/mol. The average molecular weight is 302 g/mol. The number of nitrogens with one attached hydrogen (secondary N) is 1. The molecule has 4 N–H and O–H groups in total. The smallest absolute Gasteiger partial charge is 0.215 e. The zero-order valence-corrected chi connectivity index (χ0v) is 12.6. The van der Waals surface area contributed by atoms with E-state index in [1.54, 1.807) is 24.3 Å². The van der Waals surface area contributed by atoms with Crippen molar-refractivity contribution in [3.05, 3.63) is 24.3 Å². The predicted octanol–water partition coefficient (Wildman–Crippen LogP) is 0.584. The van der Waals surface area contributed by atoms with Crippen molar-refractivity contribution >= 4 is 15.7 Å². The molecular weight excluding hydrogens is 280 g/mol. The van der Waals surface area contributed by atoms with E-state index in [0.717, 1.165) is 0 Å². The van der Waals surface area contributed by atoms with Gasteiger partial charge in [0.15, 0.2) is 0 Å². The molecule has 1 atom stereocenters. The van der Waals surface area contributed by atoms with Crippen molar-refractivity contribution in [1.82, 2.24) is 4.72 Å². The Kier molecular flexibility index (Phi) is 6.25. The van der Waals surface area contributed by atoms with Gasteiger partial charge in [-0.15, -0.1) is 0 Å². The van der Waals surface area contributed by atoms with Crippen LogP contribution in [0.1, 0.15) is 13.8 Å². The molecule has 114 valence electrons. The number of ether oxygens (including phenoxy) is 1. The lowest BCUT2D eigenvalue weighted by Gasteiger charge is -2.19. The van der Waals surface area contributed by atoms with Gasteiger partial charge < -0.3 is 15.6 Å². The third kappa shape index (κ3) is 5.77. The Labute approximate surface area is 120 Å². The third-order valence-corrected chi connectivity index (χ3v) is 4.18. The van der Waals surface area contributed by atoms with Gasteiger partial charge in [0.25, 0.3) is 0 Å². The molecule has 0 amide bonds. The number of hydrogen-bond acceptors (Lipinski definition) is 5. The number of rotatable bonds is 8. The zero-order valence-electron chi connectivity index (χ0n) is 11.7. The molecule has 0 aliphatic carbocycles. The van der Waals surface area contributed by atoms with Crippen LogP contribution in [0.5, 0.6) is 5.75 Å². The number of nitrogens with two attached hydrogens (primary N) is 1. The van der Waals surface area contributed by atoms with E-state index in [-0.39, 0.29) is 24.9 Å². The molecule has 1 aromatic rings. The lowest BCUT2D eigenvalue weighted by molar-refractivity contribution is 0.227. The van der Waals surface area contributed by atoms with Crippen LogP contribution in [0.25, 0.3) is 0 Å². The highest BCUT2D eigenvalue weighted by Gasteiger charge is 2.19. The molecule has 6 nitrogen and oxygen atoms in total. The molecule has 0 saturated heterocycles. The second-order valence-electron chi connectivity index (χ2n) is 4.89. The van der Waals surface area contributed by atoms with E-state index in [2.05, 4.69) is 4.72 Å². The van der Waals surface area contributed by atoms with E-state index in [4.69, 9.17) is 15.6 Å². The normalized spacial score (nSPS) is 13.4. The van der Waals surface area contributed by atoms with Crippen molar-refractivity contribution < 1.29 is 18.3 Å². The summed E-state index contributed by atoms with van der Waals surface area (Å²) in [5, 5.41) is 9.12. The summed E-state index contributed by atoms with van der Waals surface area (Å²) in [5.41, 5.74) is 6.15. The van der Waals surface area contributed by atoms with Gasteiger partial charge in [-0.1, -0.05) is 19.9 Å². The fourth-order valence-corrected chi connectivity index (χ4v) is 2.78. The highest BCUT2D eigenvalue weighted by molar-refractivity contribution is 7.89. The lowest BCUT2D eigenvalue weighted by Crippen LogP contribution is -2.42. The second-order valence-corrected chi connectivity index (χ2v) is 6.76. The summed E-state index contributed by atoms with van der Waals surface area (Å²) in [4.78, 5) is 0. The van der Waals surface area contributed by atoms with Gasteiger partial charge in [0.05, 0.1) is 12.4 Å². The number of sulfonamides is 1. The molecule has 20 heavy (non-hydrogen) atoms. The molecule has 1 rings (SSSR count). The molecule has 0 spiro atoms. The maximum Gasteiger partial charge on any atom is 0.215 e. The molecule has 0 heterocycles. The molecule has 1 aromatic carbocycles. The quantitative estimate of drug-likeness (QED) is 0.610. The van der Waals surface area contributed by atoms with Crippen LogP contribution in [0, 0.1) is 5.92 Å². The van der Waals surface area contributed by atoms with Crippen molar-refractivity contribution in [1.29, 1.82) is 0 Å². The summed E-state index contributed by atoms with van der Waals surface area (Å²) in [7, 11) is -3.48. The minimum absolute atomic E-state index is 0.0182. The van der Waals surface area contributed by atoms with Crippen molar-refractivity contribution in [3.63, 3.8) is 0 Å². The van der Waals surface area contributed by atoms with E-state index < -0.39 is 16.1 Å². The first kappa shape index (κ1) is 16.7. The summed E-state index contributed by atoms with van der Waals surface area (Å²) >= 11 is 0. The van der Waals surface area contributed by atoms with Crippen molar-refractivity contribution in [2.75, 3.05) is 24.7 Å². The Morgan fingerprint density at radius 2 is 2.10 bits per heavy atom. The Bertz CT molecular complexity index is 517. The summed E-state index contributed by atoms with van der Waals surface area (Å²) in [5.74, 6) is 0.373.